The Bertz CT molecular complexity index is 1020. The maximum absolute atomic E-state index is 12.4. The number of nitrogens with zero attached hydrogens (tertiary/aromatic N) is 1. The van der Waals surface area contributed by atoms with E-state index in [2.05, 4.69) is 21.2 Å². The van der Waals surface area contributed by atoms with Crippen molar-refractivity contribution < 1.29 is 9.53 Å². The van der Waals surface area contributed by atoms with Gasteiger partial charge >= 0.3 is 0 Å². The van der Waals surface area contributed by atoms with Gasteiger partial charge in [0.25, 0.3) is 5.91 Å². The number of carbonyl (C=O) groups excluding carboxylic acids is 1. The van der Waals surface area contributed by atoms with Gasteiger partial charge in [0, 0.05) is 4.47 Å². The highest BCUT2D eigenvalue weighted by atomic mass is 79.9. The minimum Gasteiger partial charge on any atom is -0.489 e. The lowest BCUT2D eigenvalue weighted by atomic mass is 10.1. The zero-order chi connectivity index (χ0) is 19.8. The van der Waals surface area contributed by atoms with Crippen LogP contribution in [0.25, 0.3) is 6.08 Å². The van der Waals surface area contributed by atoms with Crippen LogP contribution in [0.5, 0.6) is 5.75 Å². The Hall–Kier alpha value is -3.36. The molecule has 0 fully saturated rings. The van der Waals surface area contributed by atoms with Crippen LogP contribution in [0.1, 0.15) is 11.1 Å². The first kappa shape index (κ1) is 19.4. The van der Waals surface area contributed by atoms with Crippen LogP contribution in [0.4, 0.5) is 5.69 Å². The SMILES string of the molecule is N#C/C(=C/c1ccc(OCc2ccccc2)cc1)C(=O)Nc1ccccc1Br. The standard InChI is InChI=1S/C23H17BrN2O2/c24-21-8-4-5-9-22(21)26-23(27)19(15-25)14-17-10-12-20(13-11-17)28-16-18-6-2-1-3-7-18/h1-14H,16H2,(H,26,27)/b19-14-. The van der Waals surface area contributed by atoms with Crippen molar-refractivity contribution in [2.24, 2.45) is 0 Å². The number of carbonyl (C=O) groups is 1. The number of halogens is 1. The van der Waals surface area contributed by atoms with Crippen molar-refractivity contribution in [1.29, 1.82) is 5.26 Å². The summed E-state index contributed by atoms with van der Waals surface area (Å²) in [5, 5.41) is 12.1. The fourth-order valence-corrected chi connectivity index (χ4v) is 2.85. The predicted molar refractivity (Wildman–Crippen MR) is 114 cm³/mol. The van der Waals surface area contributed by atoms with E-state index in [0.29, 0.717) is 12.3 Å². The zero-order valence-corrected chi connectivity index (χ0v) is 16.5. The number of hydrogen-bond acceptors (Lipinski definition) is 3. The Morgan fingerprint density at radius 1 is 1.00 bits per heavy atom. The molecule has 0 aliphatic rings. The zero-order valence-electron chi connectivity index (χ0n) is 14.9. The van der Waals surface area contributed by atoms with E-state index in [0.717, 1.165) is 21.3 Å². The molecule has 0 aliphatic heterocycles. The number of nitrogens with one attached hydrogen (secondary N) is 1. The molecule has 0 bridgehead atoms. The molecule has 3 aromatic carbocycles. The molecule has 0 heterocycles. The van der Waals surface area contributed by atoms with E-state index in [1.165, 1.54) is 0 Å². The lowest BCUT2D eigenvalue weighted by Crippen LogP contribution is -2.13. The van der Waals surface area contributed by atoms with Crippen LogP contribution >= 0.6 is 15.9 Å². The summed E-state index contributed by atoms with van der Waals surface area (Å²) in [5.74, 6) is 0.260. The lowest BCUT2D eigenvalue weighted by Gasteiger charge is -2.07. The molecule has 5 heteroatoms. The van der Waals surface area contributed by atoms with Crippen molar-refractivity contribution in [2.75, 3.05) is 5.32 Å². The largest absolute Gasteiger partial charge is 0.489 e. The third-order valence-electron chi connectivity index (χ3n) is 3.93. The maximum Gasteiger partial charge on any atom is 0.266 e. The number of anilines is 1. The predicted octanol–water partition coefficient (Wildman–Crippen LogP) is 5.57. The molecule has 3 rings (SSSR count). The molecule has 28 heavy (non-hydrogen) atoms. The molecule has 0 aromatic heterocycles. The van der Waals surface area contributed by atoms with Gasteiger partial charge in [-0.3, -0.25) is 4.79 Å². The van der Waals surface area contributed by atoms with Crippen LogP contribution in [0.3, 0.4) is 0 Å². The molecule has 3 aromatic rings. The summed E-state index contributed by atoms with van der Waals surface area (Å²) in [6, 6.07) is 26.3. The van der Waals surface area contributed by atoms with Gasteiger partial charge in [-0.2, -0.15) is 5.26 Å². The first-order valence-electron chi connectivity index (χ1n) is 8.60. The van der Waals surface area contributed by atoms with Gasteiger partial charge in [-0.25, -0.2) is 0 Å². The van der Waals surface area contributed by atoms with Crippen molar-refractivity contribution in [3.8, 4) is 11.8 Å². The van der Waals surface area contributed by atoms with Gasteiger partial charge in [-0.1, -0.05) is 54.6 Å². The lowest BCUT2D eigenvalue weighted by molar-refractivity contribution is -0.112. The van der Waals surface area contributed by atoms with Crippen LogP contribution in [-0.4, -0.2) is 5.91 Å². The smallest absolute Gasteiger partial charge is 0.266 e. The second kappa shape index (κ2) is 9.54. The molecule has 0 atom stereocenters. The van der Waals surface area contributed by atoms with Crippen LogP contribution in [0.2, 0.25) is 0 Å². The highest BCUT2D eigenvalue weighted by Crippen LogP contribution is 2.22. The number of nitriles is 1. The monoisotopic (exact) mass is 432 g/mol. The Morgan fingerprint density at radius 2 is 1.68 bits per heavy atom. The molecule has 4 nitrogen and oxygen atoms in total. The van der Waals surface area contributed by atoms with Crippen molar-refractivity contribution in [3.05, 3.63) is 100 Å². The van der Waals surface area contributed by atoms with Crippen molar-refractivity contribution in [3.63, 3.8) is 0 Å². The summed E-state index contributed by atoms with van der Waals surface area (Å²) >= 11 is 3.37. The van der Waals surface area contributed by atoms with Gasteiger partial charge in [-0.05, 0) is 57.4 Å². The number of ether oxygens (including phenoxy) is 1. The Labute approximate surface area is 172 Å². The van der Waals surface area contributed by atoms with E-state index in [1.807, 2.05) is 78.9 Å². The fourth-order valence-electron chi connectivity index (χ4n) is 2.47. The highest BCUT2D eigenvalue weighted by molar-refractivity contribution is 9.10. The Morgan fingerprint density at radius 3 is 2.36 bits per heavy atom. The second-order valence-electron chi connectivity index (χ2n) is 5.95. The maximum atomic E-state index is 12.4. The average Bonchev–Trinajstić information content (AvgIpc) is 2.73. The summed E-state index contributed by atoms with van der Waals surface area (Å²) < 4.78 is 6.50. The molecular weight excluding hydrogens is 416 g/mol. The van der Waals surface area contributed by atoms with Gasteiger partial charge < -0.3 is 10.1 Å². The molecule has 1 amide bonds. The molecule has 0 radical (unpaired) electrons. The average molecular weight is 433 g/mol. The van der Waals surface area contributed by atoms with E-state index in [9.17, 15) is 10.1 Å². The number of amides is 1. The highest BCUT2D eigenvalue weighted by Gasteiger charge is 2.11. The van der Waals surface area contributed by atoms with Crippen molar-refractivity contribution in [2.45, 2.75) is 6.61 Å². The summed E-state index contributed by atoms with van der Waals surface area (Å²) in [6.45, 7) is 0.480. The molecule has 0 unspecified atom stereocenters. The van der Waals surface area contributed by atoms with Crippen LogP contribution in [-0.2, 0) is 11.4 Å². The molecule has 0 spiro atoms. The minimum atomic E-state index is -0.459. The van der Waals surface area contributed by atoms with Crippen molar-refractivity contribution >= 4 is 33.6 Å². The molecule has 138 valence electrons. The summed E-state index contributed by atoms with van der Waals surface area (Å²) in [5.41, 5.74) is 2.46. The van der Waals surface area contributed by atoms with E-state index in [-0.39, 0.29) is 5.57 Å². The number of benzene rings is 3. The Balaban J connectivity index is 1.66. The number of rotatable bonds is 6. The van der Waals surface area contributed by atoms with Crippen LogP contribution in [0, 0.1) is 11.3 Å². The molecule has 0 saturated carbocycles. The summed E-state index contributed by atoms with van der Waals surface area (Å²) in [7, 11) is 0. The van der Waals surface area contributed by atoms with Gasteiger partial charge in [0.15, 0.2) is 0 Å². The van der Waals surface area contributed by atoms with Crippen molar-refractivity contribution in [1.82, 2.24) is 0 Å². The van der Waals surface area contributed by atoms with E-state index < -0.39 is 5.91 Å². The molecule has 0 aliphatic carbocycles. The van der Waals surface area contributed by atoms with Gasteiger partial charge in [0.2, 0.25) is 0 Å². The minimum absolute atomic E-state index is 0.0220. The third-order valence-corrected chi connectivity index (χ3v) is 4.62. The quantitative estimate of drug-likeness (QED) is 0.408. The van der Waals surface area contributed by atoms with Crippen LogP contribution < -0.4 is 10.1 Å². The van der Waals surface area contributed by atoms with E-state index in [4.69, 9.17) is 4.74 Å². The summed E-state index contributed by atoms with van der Waals surface area (Å²) in [4.78, 5) is 12.4. The molecule has 0 saturated heterocycles. The summed E-state index contributed by atoms with van der Waals surface area (Å²) in [6.07, 6.45) is 1.55. The van der Waals surface area contributed by atoms with Gasteiger partial charge in [0.05, 0.1) is 5.69 Å². The van der Waals surface area contributed by atoms with Crippen LogP contribution in [0.15, 0.2) is 88.9 Å². The van der Waals surface area contributed by atoms with E-state index >= 15 is 0 Å². The Kier molecular flexibility index (Phi) is 6.61. The first-order chi connectivity index (χ1) is 13.7. The first-order valence-corrected chi connectivity index (χ1v) is 9.39. The molecular formula is C23H17BrN2O2. The third kappa shape index (κ3) is 5.32. The number of hydrogen-bond donors (Lipinski definition) is 1. The number of para-hydroxylation sites is 1. The second-order valence-corrected chi connectivity index (χ2v) is 6.80. The van der Waals surface area contributed by atoms with E-state index in [1.54, 1.807) is 12.1 Å². The molecule has 1 N–H and O–H groups in total. The van der Waals surface area contributed by atoms with Gasteiger partial charge in [0.1, 0.15) is 24.0 Å². The topological polar surface area (TPSA) is 62.1 Å². The fraction of sp³-hybridized carbons (Fsp3) is 0.0435. The normalized spacial score (nSPS) is 10.8. The van der Waals surface area contributed by atoms with Gasteiger partial charge in [-0.15, -0.1) is 0 Å².